The van der Waals surface area contributed by atoms with E-state index in [1.54, 1.807) is 23.1 Å². The summed E-state index contributed by atoms with van der Waals surface area (Å²) in [6.07, 6.45) is 3.93. The predicted octanol–water partition coefficient (Wildman–Crippen LogP) is 3.21. The summed E-state index contributed by atoms with van der Waals surface area (Å²) in [7, 11) is 0. The molecule has 1 N–H and O–H groups in total. The third-order valence-electron chi connectivity index (χ3n) is 4.33. The van der Waals surface area contributed by atoms with Crippen LogP contribution in [0.15, 0.2) is 28.6 Å². The van der Waals surface area contributed by atoms with Crippen LogP contribution in [0.1, 0.15) is 26.2 Å². The summed E-state index contributed by atoms with van der Waals surface area (Å²) in [6.45, 7) is 2.21. The monoisotopic (exact) mass is 294 g/mol. The molecule has 102 valence electrons. The second-order valence-electron chi connectivity index (χ2n) is 5.51. The van der Waals surface area contributed by atoms with Crippen molar-refractivity contribution in [3.05, 3.63) is 28.6 Å². The number of nitrogens with zero attached hydrogens (tertiary/aromatic N) is 1. The van der Waals surface area contributed by atoms with Crippen LogP contribution in [-0.2, 0) is 0 Å². The fraction of sp³-hybridized carbons (Fsp3) is 0.571. The number of nitrogens with one attached hydrogen (secondary N) is 1. The maximum absolute atomic E-state index is 6.15. The number of fused-ring (bicyclic) bond motifs is 2. The molecule has 4 atom stereocenters. The molecule has 0 aliphatic carbocycles. The van der Waals surface area contributed by atoms with Crippen LogP contribution in [0.5, 0.6) is 5.06 Å². The maximum Gasteiger partial charge on any atom is 0.226 e. The molecule has 3 aliphatic heterocycles. The highest BCUT2D eigenvalue weighted by Gasteiger charge is 2.45. The minimum atomic E-state index is 0.116. The molecule has 2 bridgehead atoms. The highest BCUT2D eigenvalue weighted by atomic mass is 32.2. The van der Waals surface area contributed by atoms with Crippen LogP contribution < -0.4 is 10.1 Å². The Morgan fingerprint density at radius 2 is 2.37 bits per heavy atom. The molecule has 19 heavy (non-hydrogen) atoms. The molecule has 1 unspecified atom stereocenters. The molecule has 4 heterocycles. The smallest absolute Gasteiger partial charge is 0.226 e. The number of hydrogen-bond donors (Lipinski definition) is 1. The minimum absolute atomic E-state index is 0.116. The SMILES string of the molecule is CC1=CSC(Oc2cccs2)N1[C@@H]1C[C@H]2CC[C@@H]1N2. The Kier molecular flexibility index (Phi) is 3.01. The lowest BCUT2D eigenvalue weighted by molar-refractivity contribution is 0.0860. The molecule has 0 amide bonds. The van der Waals surface area contributed by atoms with E-state index in [-0.39, 0.29) is 5.56 Å². The Hall–Kier alpha value is -0.650. The number of rotatable bonds is 3. The molecular formula is C14H18N2OS2. The molecular weight excluding hydrogens is 276 g/mol. The summed E-state index contributed by atoms with van der Waals surface area (Å²) in [5.41, 5.74) is 1.47. The normalized spacial score (nSPS) is 36.9. The van der Waals surface area contributed by atoms with Crippen LogP contribution >= 0.6 is 23.1 Å². The number of hydrogen-bond acceptors (Lipinski definition) is 5. The average molecular weight is 294 g/mol. The second kappa shape index (κ2) is 4.72. The van der Waals surface area contributed by atoms with E-state index in [1.807, 2.05) is 6.07 Å². The first-order valence-corrected chi connectivity index (χ1v) is 8.70. The average Bonchev–Trinajstić information content (AvgIpc) is 3.14. The molecule has 3 aliphatic rings. The van der Waals surface area contributed by atoms with E-state index in [0.29, 0.717) is 12.1 Å². The number of ether oxygens (including phenoxy) is 1. The molecule has 0 aromatic carbocycles. The second-order valence-corrected chi connectivity index (χ2v) is 7.33. The van der Waals surface area contributed by atoms with Crippen LogP contribution in [-0.4, -0.2) is 28.6 Å². The van der Waals surface area contributed by atoms with Crippen molar-refractivity contribution in [3.63, 3.8) is 0 Å². The van der Waals surface area contributed by atoms with Crippen LogP contribution in [0.25, 0.3) is 0 Å². The first-order chi connectivity index (χ1) is 9.31. The lowest BCUT2D eigenvalue weighted by Gasteiger charge is -2.36. The van der Waals surface area contributed by atoms with E-state index < -0.39 is 0 Å². The van der Waals surface area contributed by atoms with Gasteiger partial charge in [0.05, 0.1) is 0 Å². The Morgan fingerprint density at radius 1 is 1.42 bits per heavy atom. The third kappa shape index (κ3) is 2.08. The van der Waals surface area contributed by atoms with Crippen molar-refractivity contribution >= 4 is 23.1 Å². The van der Waals surface area contributed by atoms with Gasteiger partial charge in [-0.2, -0.15) is 0 Å². The van der Waals surface area contributed by atoms with E-state index >= 15 is 0 Å². The Bertz CT molecular complexity index is 488. The number of thiophene rings is 1. The van der Waals surface area contributed by atoms with Crippen LogP contribution in [0.2, 0.25) is 0 Å². The van der Waals surface area contributed by atoms with Crippen LogP contribution in [0, 0.1) is 0 Å². The molecule has 2 saturated heterocycles. The first kappa shape index (κ1) is 12.1. The topological polar surface area (TPSA) is 24.5 Å². The summed E-state index contributed by atoms with van der Waals surface area (Å²) >= 11 is 3.46. The molecule has 0 radical (unpaired) electrons. The van der Waals surface area contributed by atoms with Crippen molar-refractivity contribution in [1.29, 1.82) is 0 Å². The largest absolute Gasteiger partial charge is 0.451 e. The summed E-state index contributed by atoms with van der Waals surface area (Å²) in [4.78, 5) is 2.49. The third-order valence-corrected chi connectivity index (χ3v) is 6.12. The van der Waals surface area contributed by atoms with Gasteiger partial charge in [-0.05, 0) is 49.1 Å². The zero-order chi connectivity index (χ0) is 12.8. The van der Waals surface area contributed by atoms with Gasteiger partial charge in [0.25, 0.3) is 0 Å². The van der Waals surface area contributed by atoms with Crippen molar-refractivity contribution in [2.45, 2.75) is 49.9 Å². The Labute approximate surface area is 122 Å². The van der Waals surface area contributed by atoms with Gasteiger partial charge in [0.15, 0.2) is 5.06 Å². The Balaban J connectivity index is 1.52. The molecule has 1 aromatic heterocycles. The molecule has 0 spiro atoms. The summed E-state index contributed by atoms with van der Waals surface area (Å²) in [5.74, 6) is 0. The van der Waals surface area contributed by atoms with Crippen LogP contribution in [0.3, 0.4) is 0 Å². The summed E-state index contributed by atoms with van der Waals surface area (Å²) in [6, 6.07) is 6.09. The van der Waals surface area contributed by atoms with Crippen molar-refractivity contribution in [1.82, 2.24) is 10.2 Å². The van der Waals surface area contributed by atoms with Gasteiger partial charge < -0.3 is 15.0 Å². The quantitative estimate of drug-likeness (QED) is 0.925. The number of allylic oxidation sites excluding steroid dienone is 1. The van der Waals surface area contributed by atoms with Gasteiger partial charge in [0.1, 0.15) is 0 Å². The fourth-order valence-electron chi connectivity index (χ4n) is 3.48. The van der Waals surface area contributed by atoms with Crippen molar-refractivity contribution in [2.75, 3.05) is 0 Å². The van der Waals surface area contributed by atoms with E-state index in [4.69, 9.17) is 4.74 Å². The standard InChI is InChI=1S/C14H18N2OS2/c1-9-8-19-14(17-13-3-2-6-18-13)16(9)12-7-10-4-5-11(12)15-10/h2-3,6,8,10-12,14-15H,4-5,7H2,1H3/t10-,11+,12-,14?/m1/s1. The zero-order valence-electron chi connectivity index (χ0n) is 10.9. The molecule has 2 fully saturated rings. The maximum atomic E-state index is 6.15. The van der Waals surface area contributed by atoms with E-state index in [1.165, 1.54) is 25.0 Å². The van der Waals surface area contributed by atoms with Crippen LogP contribution in [0.4, 0.5) is 0 Å². The van der Waals surface area contributed by atoms with Crippen molar-refractivity contribution in [3.8, 4) is 5.06 Å². The lowest BCUT2D eigenvalue weighted by Crippen LogP contribution is -2.46. The zero-order valence-corrected chi connectivity index (χ0v) is 12.5. The summed E-state index contributed by atoms with van der Waals surface area (Å²) in [5, 5.41) is 9.05. The molecule has 0 saturated carbocycles. The van der Waals surface area contributed by atoms with Gasteiger partial charge in [-0.1, -0.05) is 11.8 Å². The van der Waals surface area contributed by atoms with Gasteiger partial charge in [-0.3, -0.25) is 0 Å². The van der Waals surface area contributed by atoms with Gasteiger partial charge >= 0.3 is 0 Å². The Morgan fingerprint density at radius 3 is 3.05 bits per heavy atom. The van der Waals surface area contributed by atoms with E-state index in [9.17, 15) is 0 Å². The lowest BCUT2D eigenvalue weighted by atomic mass is 9.94. The number of thioether (sulfide) groups is 1. The van der Waals surface area contributed by atoms with Crippen molar-refractivity contribution < 1.29 is 4.74 Å². The molecule has 3 nitrogen and oxygen atoms in total. The minimum Gasteiger partial charge on any atom is -0.451 e. The van der Waals surface area contributed by atoms with Gasteiger partial charge in [0.2, 0.25) is 5.56 Å². The summed E-state index contributed by atoms with van der Waals surface area (Å²) < 4.78 is 6.15. The van der Waals surface area contributed by atoms with E-state index in [0.717, 1.165) is 11.1 Å². The molecule has 1 aromatic rings. The molecule has 4 rings (SSSR count). The van der Waals surface area contributed by atoms with Gasteiger partial charge in [-0.15, -0.1) is 11.3 Å². The predicted molar refractivity (Wildman–Crippen MR) is 80.3 cm³/mol. The first-order valence-electron chi connectivity index (χ1n) is 6.88. The van der Waals surface area contributed by atoms with Crippen molar-refractivity contribution in [2.24, 2.45) is 0 Å². The fourth-order valence-corrected chi connectivity index (χ4v) is 5.19. The molecule has 5 heteroatoms. The van der Waals surface area contributed by atoms with Gasteiger partial charge in [0, 0.05) is 23.8 Å². The van der Waals surface area contributed by atoms with E-state index in [2.05, 4.69) is 34.0 Å². The highest BCUT2D eigenvalue weighted by molar-refractivity contribution is 8.02. The van der Waals surface area contributed by atoms with Gasteiger partial charge in [-0.25, -0.2) is 0 Å². The highest BCUT2D eigenvalue weighted by Crippen LogP contribution is 2.41.